The van der Waals surface area contributed by atoms with Crippen LogP contribution in [0.4, 0.5) is 0 Å². The Balaban J connectivity index is -0.00000000446. The maximum atomic E-state index is 9.59. The molecule has 0 saturated carbocycles. The zero-order chi connectivity index (χ0) is 4.99. The number of hydrogen-bond acceptors (Lipinski definition) is 3. The standard InChI is InChI=1S/C3H4O3.Ca.Mg.Na.5H/c1-3(5)6-2-4;;;;;;;;/h2H,1H3;;;;;;;;/q;2*+2;+1;5*-1. The molecule has 0 aliphatic rings. The van der Waals surface area contributed by atoms with Crippen LogP contribution in [0, 0.1) is 0 Å². The Bertz CT molecular complexity index is 92.6. The van der Waals surface area contributed by atoms with Crippen LogP contribution in [0.5, 0.6) is 0 Å². The third-order valence-corrected chi connectivity index (χ3v) is 0.214. The molecule has 0 aliphatic carbocycles. The molecule has 0 N–H and O–H groups in total. The third-order valence-electron chi connectivity index (χ3n) is 0.214. The average molecular weight is 180 g/mol. The van der Waals surface area contributed by atoms with Crippen molar-refractivity contribution in [2.45, 2.75) is 6.92 Å². The number of carbonyl (C=O) groups excluding carboxylic acids is 2. The quantitative estimate of drug-likeness (QED) is 0.182. The van der Waals surface area contributed by atoms with Gasteiger partial charge in [-0.1, -0.05) is 0 Å². The number of rotatable bonds is 1. The molecular formula is C3H9CaMgNaO3. The van der Waals surface area contributed by atoms with E-state index in [1.165, 1.54) is 0 Å². The van der Waals surface area contributed by atoms with Gasteiger partial charge in [0.05, 0.1) is 0 Å². The summed E-state index contributed by atoms with van der Waals surface area (Å²) in [6.07, 6.45) is 0. The second-order valence-corrected chi connectivity index (χ2v) is 0.706. The van der Waals surface area contributed by atoms with Gasteiger partial charge in [0.1, 0.15) is 0 Å². The van der Waals surface area contributed by atoms with Crippen LogP contribution in [0.25, 0.3) is 0 Å². The van der Waals surface area contributed by atoms with Crippen LogP contribution < -0.4 is 29.6 Å². The van der Waals surface area contributed by atoms with Gasteiger partial charge in [0.25, 0.3) is 0 Å². The van der Waals surface area contributed by atoms with Crippen LogP contribution in [0.15, 0.2) is 0 Å². The Hall–Kier alpha value is 2.17. The molecule has 9 heavy (non-hydrogen) atoms. The second kappa shape index (κ2) is 16.6. The minimum absolute atomic E-state index is 0. The van der Waals surface area contributed by atoms with Crippen molar-refractivity contribution in [2.75, 3.05) is 0 Å². The van der Waals surface area contributed by atoms with Gasteiger partial charge in [0.15, 0.2) is 0 Å². The number of carbonyl (C=O) groups is 2. The summed E-state index contributed by atoms with van der Waals surface area (Å²) in [5, 5.41) is 0. The van der Waals surface area contributed by atoms with E-state index < -0.39 is 5.97 Å². The predicted octanol–water partition coefficient (Wildman–Crippen LogP) is -3.49. The van der Waals surface area contributed by atoms with Crippen LogP contribution in [0.1, 0.15) is 14.1 Å². The molecule has 0 heterocycles. The minimum Gasteiger partial charge on any atom is -1.00 e. The summed E-state index contributed by atoms with van der Waals surface area (Å²) in [5.41, 5.74) is 0. The van der Waals surface area contributed by atoms with Crippen molar-refractivity contribution in [2.24, 2.45) is 0 Å². The van der Waals surface area contributed by atoms with Gasteiger partial charge in [-0.15, -0.1) is 0 Å². The molecule has 3 nitrogen and oxygen atoms in total. The SMILES string of the molecule is CC(=O)OC=O.[Ca+2].[H-].[H-].[H-].[H-].[H-].[Mg+2].[Na+]. The molecule has 0 aromatic heterocycles. The fourth-order valence-electron chi connectivity index (χ4n) is 0.0678. The van der Waals surface area contributed by atoms with E-state index in [1.54, 1.807) is 0 Å². The topological polar surface area (TPSA) is 43.4 Å². The summed E-state index contributed by atoms with van der Waals surface area (Å²) in [6.45, 7) is 1.26. The monoisotopic (exact) mass is 180 g/mol. The Labute approximate surface area is 129 Å². The molecule has 0 saturated heterocycles. The normalized spacial score (nSPS) is 4.56. The molecule has 6 heteroatoms. The van der Waals surface area contributed by atoms with Crippen LogP contribution in [-0.2, 0) is 14.3 Å². The van der Waals surface area contributed by atoms with Gasteiger partial charge in [-0.3, -0.25) is 9.59 Å². The van der Waals surface area contributed by atoms with Crippen molar-refractivity contribution < 1.29 is 51.0 Å². The fourth-order valence-corrected chi connectivity index (χ4v) is 0.0678. The molecule has 0 atom stereocenters. The molecular weight excluding hydrogens is 171 g/mol. The third kappa shape index (κ3) is 25.4. The first-order chi connectivity index (χ1) is 2.77. The van der Waals surface area contributed by atoms with Gasteiger partial charge in [-0.25, -0.2) is 0 Å². The maximum Gasteiger partial charge on any atom is 2.00 e. The number of esters is 1. The molecule has 0 radical (unpaired) electrons. The van der Waals surface area contributed by atoms with Gasteiger partial charge in [0.2, 0.25) is 0 Å². The fraction of sp³-hybridized carbons (Fsp3) is 0.333. The first kappa shape index (κ1) is 22.5. The first-order valence-corrected chi connectivity index (χ1v) is 1.38. The molecule has 0 aromatic carbocycles. The van der Waals surface area contributed by atoms with E-state index in [0.29, 0.717) is 0 Å². The van der Waals surface area contributed by atoms with E-state index >= 15 is 0 Å². The molecule has 0 rings (SSSR count). The number of hydrogen-bond donors (Lipinski definition) is 0. The van der Waals surface area contributed by atoms with Gasteiger partial charge < -0.3 is 11.9 Å². The first-order valence-electron chi connectivity index (χ1n) is 1.38. The Morgan fingerprint density at radius 3 is 2.00 bits per heavy atom. The number of ether oxygens (including phenoxy) is 1. The van der Waals surface area contributed by atoms with E-state index in [1.807, 2.05) is 0 Å². The average Bonchev–Trinajstić information content (AvgIpc) is 1.35. The van der Waals surface area contributed by atoms with Crippen molar-refractivity contribution >= 4 is 73.2 Å². The largest absolute Gasteiger partial charge is 2.00 e. The van der Waals surface area contributed by atoms with Gasteiger partial charge in [-0.05, 0) is 0 Å². The van der Waals surface area contributed by atoms with Gasteiger partial charge in [-0.2, -0.15) is 0 Å². The Morgan fingerprint density at radius 1 is 1.67 bits per heavy atom. The van der Waals surface area contributed by atoms with Crippen LogP contribution >= 0.6 is 0 Å². The molecule has 0 amide bonds. The Morgan fingerprint density at radius 2 is 2.00 bits per heavy atom. The van der Waals surface area contributed by atoms with Crippen molar-refractivity contribution in [3.8, 4) is 0 Å². The molecule has 0 aliphatic heterocycles. The summed E-state index contributed by atoms with van der Waals surface area (Å²) in [5.74, 6) is -0.579. The van der Waals surface area contributed by atoms with Gasteiger partial charge >= 0.3 is 103 Å². The van der Waals surface area contributed by atoms with Crippen molar-refractivity contribution in [3.05, 3.63) is 0 Å². The Kier molecular flexibility index (Phi) is 41.5. The summed E-state index contributed by atoms with van der Waals surface area (Å²) < 4.78 is 3.72. The van der Waals surface area contributed by atoms with Crippen LogP contribution in [-0.4, -0.2) is 73.2 Å². The van der Waals surface area contributed by atoms with Crippen LogP contribution in [0.2, 0.25) is 0 Å². The molecule has 0 aromatic rings. The zero-order valence-corrected chi connectivity index (χ0v) is 11.3. The molecule has 0 bridgehead atoms. The van der Waals surface area contributed by atoms with E-state index in [9.17, 15) is 9.59 Å². The van der Waals surface area contributed by atoms with E-state index in [0.717, 1.165) is 6.92 Å². The van der Waals surface area contributed by atoms with Crippen molar-refractivity contribution in [1.29, 1.82) is 0 Å². The van der Waals surface area contributed by atoms with Crippen molar-refractivity contribution in [3.63, 3.8) is 0 Å². The predicted molar refractivity (Wildman–Crippen MR) is 34.9 cm³/mol. The molecule has 0 fully saturated rings. The summed E-state index contributed by atoms with van der Waals surface area (Å²) in [4.78, 5) is 18.8. The van der Waals surface area contributed by atoms with E-state index in [4.69, 9.17) is 0 Å². The zero-order valence-electron chi connectivity index (χ0n) is 10.7. The van der Waals surface area contributed by atoms with E-state index in [2.05, 4.69) is 4.74 Å². The maximum absolute atomic E-state index is 9.59. The molecule has 0 unspecified atom stereocenters. The second-order valence-electron chi connectivity index (χ2n) is 0.706. The van der Waals surface area contributed by atoms with E-state index in [-0.39, 0.29) is 104 Å². The molecule has 0 spiro atoms. The summed E-state index contributed by atoms with van der Waals surface area (Å²) in [7, 11) is 0. The van der Waals surface area contributed by atoms with Crippen molar-refractivity contribution in [1.82, 2.24) is 0 Å². The smallest absolute Gasteiger partial charge is 1.00 e. The van der Waals surface area contributed by atoms with Crippen LogP contribution in [0.3, 0.4) is 0 Å². The molecule has 44 valence electrons. The summed E-state index contributed by atoms with van der Waals surface area (Å²) in [6, 6.07) is 0. The minimum atomic E-state index is -0.579. The summed E-state index contributed by atoms with van der Waals surface area (Å²) >= 11 is 0. The van der Waals surface area contributed by atoms with Gasteiger partial charge in [0, 0.05) is 6.92 Å².